The smallest absolute Gasteiger partial charge is 0.242 e. The van der Waals surface area contributed by atoms with Crippen LogP contribution >= 0.6 is 11.8 Å². The number of fused-ring (bicyclic) bond motifs is 1. The molecule has 0 spiro atoms. The van der Waals surface area contributed by atoms with E-state index in [9.17, 15) is 4.79 Å². The molecular formula is C23H23N3O2S. The van der Waals surface area contributed by atoms with Gasteiger partial charge in [0.2, 0.25) is 5.91 Å². The van der Waals surface area contributed by atoms with E-state index in [0.717, 1.165) is 30.2 Å². The van der Waals surface area contributed by atoms with Crippen molar-refractivity contribution in [3.05, 3.63) is 72.2 Å². The van der Waals surface area contributed by atoms with E-state index < -0.39 is 0 Å². The van der Waals surface area contributed by atoms with Crippen LogP contribution in [0.25, 0.3) is 10.8 Å². The molecule has 0 bridgehead atoms. The first-order chi connectivity index (χ1) is 14.3. The number of nitrogens with zero attached hydrogens (tertiary/aromatic N) is 3. The SMILES string of the molecule is CCCCC1S/C(=N\N=C\c2ccco2)N(Cc2cccc3ccccc23)C1=O. The lowest BCUT2D eigenvalue weighted by Crippen LogP contribution is -2.31. The minimum atomic E-state index is -0.0949. The summed E-state index contributed by atoms with van der Waals surface area (Å²) in [5, 5.41) is 11.4. The van der Waals surface area contributed by atoms with Crippen LogP contribution in [0.5, 0.6) is 0 Å². The molecule has 6 heteroatoms. The zero-order chi connectivity index (χ0) is 20.1. The van der Waals surface area contributed by atoms with Gasteiger partial charge in [0.25, 0.3) is 0 Å². The van der Waals surface area contributed by atoms with Gasteiger partial charge in [-0.1, -0.05) is 74.0 Å². The third-order valence-electron chi connectivity index (χ3n) is 4.92. The van der Waals surface area contributed by atoms with Gasteiger partial charge in [-0.05, 0) is 34.9 Å². The molecule has 1 saturated heterocycles. The lowest BCUT2D eigenvalue weighted by molar-refractivity contribution is -0.126. The largest absolute Gasteiger partial charge is 0.463 e. The van der Waals surface area contributed by atoms with E-state index in [1.54, 1.807) is 23.4 Å². The van der Waals surface area contributed by atoms with Crippen LogP contribution in [0.1, 0.15) is 37.5 Å². The van der Waals surface area contributed by atoms with Crippen molar-refractivity contribution in [3.63, 3.8) is 0 Å². The Bertz CT molecular complexity index is 1040. The standard InChI is InChI=1S/C23H23N3O2S/c1-2-3-13-21-22(27)26(23(29-21)25-24-15-19-11-7-14-28-19)16-18-10-6-9-17-8-4-5-12-20(17)18/h4-12,14-15,21H,2-3,13,16H2,1H3/b24-15+,25-23-. The number of hydrogen-bond donors (Lipinski definition) is 0. The molecule has 1 fully saturated rings. The molecule has 2 heterocycles. The number of unbranched alkanes of at least 4 members (excludes halogenated alkanes) is 1. The molecule has 2 aromatic carbocycles. The summed E-state index contributed by atoms with van der Waals surface area (Å²) in [7, 11) is 0. The van der Waals surface area contributed by atoms with Crippen LogP contribution < -0.4 is 0 Å². The monoisotopic (exact) mass is 405 g/mol. The summed E-state index contributed by atoms with van der Waals surface area (Å²) < 4.78 is 5.26. The highest BCUT2D eigenvalue weighted by Gasteiger charge is 2.37. The van der Waals surface area contributed by atoms with Crippen molar-refractivity contribution < 1.29 is 9.21 Å². The van der Waals surface area contributed by atoms with Gasteiger partial charge in [0, 0.05) is 0 Å². The molecule has 1 aliphatic heterocycles. The third-order valence-corrected chi connectivity index (χ3v) is 6.15. The summed E-state index contributed by atoms with van der Waals surface area (Å²) in [6.45, 7) is 2.63. The number of benzene rings is 2. The molecule has 1 unspecified atom stereocenters. The first kappa shape index (κ1) is 19.5. The molecule has 0 N–H and O–H groups in total. The number of amides is 1. The number of furan rings is 1. The lowest BCUT2D eigenvalue weighted by Gasteiger charge is -2.17. The Morgan fingerprint density at radius 2 is 2.00 bits per heavy atom. The molecule has 5 nitrogen and oxygen atoms in total. The van der Waals surface area contributed by atoms with Crippen molar-refractivity contribution in [1.82, 2.24) is 4.90 Å². The molecule has 0 aliphatic carbocycles. The van der Waals surface area contributed by atoms with Gasteiger partial charge in [-0.3, -0.25) is 9.69 Å². The number of amidine groups is 1. The Morgan fingerprint density at radius 1 is 1.14 bits per heavy atom. The molecule has 0 radical (unpaired) electrons. The molecule has 148 valence electrons. The number of carbonyl (C=O) groups excluding carboxylic acids is 1. The van der Waals surface area contributed by atoms with E-state index in [1.165, 1.54) is 17.1 Å². The van der Waals surface area contributed by atoms with Gasteiger partial charge < -0.3 is 4.42 Å². The summed E-state index contributed by atoms with van der Waals surface area (Å²) in [5.74, 6) is 0.746. The average molecular weight is 406 g/mol. The van der Waals surface area contributed by atoms with E-state index in [4.69, 9.17) is 4.42 Å². The Kier molecular flexibility index (Phi) is 6.10. The molecule has 29 heavy (non-hydrogen) atoms. The van der Waals surface area contributed by atoms with Crippen molar-refractivity contribution in [1.29, 1.82) is 0 Å². The summed E-state index contributed by atoms with van der Waals surface area (Å²) in [6, 6.07) is 18.1. The number of hydrogen-bond acceptors (Lipinski definition) is 5. The molecular weight excluding hydrogens is 382 g/mol. The maximum Gasteiger partial charge on any atom is 0.242 e. The second-order valence-corrected chi connectivity index (χ2v) is 8.12. The third kappa shape index (κ3) is 4.43. The highest BCUT2D eigenvalue weighted by Crippen LogP contribution is 2.33. The van der Waals surface area contributed by atoms with Crippen LogP contribution in [0.15, 0.2) is 75.5 Å². The molecule has 1 amide bonds. The highest BCUT2D eigenvalue weighted by atomic mass is 32.2. The predicted octanol–water partition coefficient (Wildman–Crippen LogP) is 5.46. The normalized spacial score (nSPS) is 18.5. The van der Waals surface area contributed by atoms with Gasteiger partial charge >= 0.3 is 0 Å². The second-order valence-electron chi connectivity index (χ2n) is 6.95. The van der Waals surface area contributed by atoms with E-state index in [-0.39, 0.29) is 11.2 Å². The quantitative estimate of drug-likeness (QED) is 0.387. The molecule has 1 atom stereocenters. The minimum absolute atomic E-state index is 0.0949. The summed E-state index contributed by atoms with van der Waals surface area (Å²) in [6.07, 6.45) is 6.10. The minimum Gasteiger partial charge on any atom is -0.463 e. The highest BCUT2D eigenvalue weighted by molar-refractivity contribution is 8.15. The van der Waals surface area contributed by atoms with Crippen molar-refractivity contribution in [3.8, 4) is 0 Å². The fraction of sp³-hybridized carbons (Fsp3) is 0.261. The Morgan fingerprint density at radius 3 is 2.83 bits per heavy atom. The maximum absolute atomic E-state index is 13.1. The lowest BCUT2D eigenvalue weighted by atomic mass is 10.0. The van der Waals surface area contributed by atoms with Gasteiger partial charge in [-0.25, -0.2) is 0 Å². The fourth-order valence-electron chi connectivity index (χ4n) is 3.40. The van der Waals surface area contributed by atoms with Gasteiger partial charge in [0.1, 0.15) is 5.76 Å². The second kappa shape index (κ2) is 9.09. The first-order valence-electron chi connectivity index (χ1n) is 9.85. The van der Waals surface area contributed by atoms with Crippen LogP contribution in [-0.4, -0.2) is 27.4 Å². The van der Waals surface area contributed by atoms with E-state index >= 15 is 0 Å². The Balaban J connectivity index is 1.62. The summed E-state index contributed by atoms with van der Waals surface area (Å²) in [4.78, 5) is 14.9. The van der Waals surface area contributed by atoms with Crippen molar-refractivity contribution in [2.24, 2.45) is 10.2 Å². The zero-order valence-corrected chi connectivity index (χ0v) is 17.1. The Labute approximate surface area is 174 Å². The molecule has 1 aromatic heterocycles. The van der Waals surface area contributed by atoms with Crippen LogP contribution in [0.4, 0.5) is 0 Å². The van der Waals surface area contributed by atoms with E-state index in [2.05, 4.69) is 41.4 Å². The zero-order valence-electron chi connectivity index (χ0n) is 16.3. The number of thioether (sulfide) groups is 1. The fourth-order valence-corrected chi connectivity index (χ4v) is 4.55. The van der Waals surface area contributed by atoms with Crippen LogP contribution in [0.2, 0.25) is 0 Å². The molecule has 0 saturated carbocycles. The first-order valence-corrected chi connectivity index (χ1v) is 10.7. The summed E-state index contributed by atoms with van der Waals surface area (Å²) in [5.41, 5.74) is 1.11. The van der Waals surface area contributed by atoms with Gasteiger partial charge in [-0.2, -0.15) is 5.10 Å². The molecule has 4 rings (SSSR count). The van der Waals surface area contributed by atoms with Crippen LogP contribution in [-0.2, 0) is 11.3 Å². The topological polar surface area (TPSA) is 58.2 Å². The van der Waals surface area contributed by atoms with Gasteiger partial charge in [-0.15, -0.1) is 5.10 Å². The maximum atomic E-state index is 13.1. The van der Waals surface area contributed by atoms with Crippen LogP contribution in [0, 0.1) is 0 Å². The van der Waals surface area contributed by atoms with Crippen molar-refractivity contribution in [2.45, 2.75) is 38.0 Å². The average Bonchev–Trinajstić information content (AvgIpc) is 3.36. The van der Waals surface area contributed by atoms with Crippen molar-refractivity contribution >= 4 is 39.8 Å². The predicted molar refractivity (Wildman–Crippen MR) is 119 cm³/mol. The Hall–Kier alpha value is -2.86. The number of carbonyl (C=O) groups is 1. The molecule has 1 aliphatic rings. The van der Waals surface area contributed by atoms with E-state index in [0.29, 0.717) is 17.5 Å². The van der Waals surface area contributed by atoms with Crippen molar-refractivity contribution in [2.75, 3.05) is 0 Å². The van der Waals surface area contributed by atoms with Gasteiger partial charge in [0.15, 0.2) is 5.17 Å². The summed E-state index contributed by atoms with van der Waals surface area (Å²) >= 11 is 1.51. The van der Waals surface area contributed by atoms with Crippen LogP contribution in [0.3, 0.4) is 0 Å². The number of rotatable bonds is 7. The van der Waals surface area contributed by atoms with Gasteiger partial charge in [0.05, 0.1) is 24.3 Å². The molecule has 3 aromatic rings. The van der Waals surface area contributed by atoms with E-state index in [1.807, 2.05) is 24.3 Å².